The number of hydrogen-bond acceptors (Lipinski definition) is 5. The molecule has 0 aromatic carbocycles. The van der Waals surface area contributed by atoms with E-state index in [1.165, 1.54) is 263 Å². The van der Waals surface area contributed by atoms with Crippen LogP contribution in [0.1, 0.15) is 341 Å². The number of unbranched alkanes of at least 4 members (excludes halogenated alkanes) is 43. The van der Waals surface area contributed by atoms with Crippen molar-refractivity contribution in [3.63, 3.8) is 0 Å². The van der Waals surface area contributed by atoms with E-state index < -0.39 is 12.1 Å². The minimum absolute atomic E-state index is 0.000897. The molecule has 0 aromatic heterocycles. The van der Waals surface area contributed by atoms with Gasteiger partial charge >= 0.3 is 5.97 Å². The van der Waals surface area contributed by atoms with E-state index in [0.717, 1.165) is 51.4 Å². The van der Waals surface area contributed by atoms with Crippen molar-refractivity contribution in [1.82, 2.24) is 5.32 Å². The Morgan fingerprint density at radius 1 is 0.384 bits per heavy atom. The third-order valence-electron chi connectivity index (χ3n) is 14.8. The zero-order chi connectivity index (χ0) is 52.9. The van der Waals surface area contributed by atoms with Crippen molar-refractivity contribution >= 4 is 11.9 Å². The Morgan fingerprint density at radius 2 is 0.685 bits per heavy atom. The van der Waals surface area contributed by atoms with E-state index >= 15 is 0 Å². The lowest BCUT2D eigenvalue weighted by Crippen LogP contribution is -2.45. The molecule has 0 fully saturated rings. The molecule has 0 bridgehead atoms. The van der Waals surface area contributed by atoms with Crippen LogP contribution in [0, 0.1) is 0 Å². The molecule has 3 N–H and O–H groups in total. The number of hydrogen-bond donors (Lipinski definition) is 3. The third-order valence-corrected chi connectivity index (χ3v) is 14.8. The summed E-state index contributed by atoms with van der Waals surface area (Å²) in [6.07, 6.45) is 80.1. The third kappa shape index (κ3) is 58.9. The van der Waals surface area contributed by atoms with Crippen LogP contribution in [0.2, 0.25) is 0 Å². The van der Waals surface area contributed by atoms with Crippen molar-refractivity contribution < 1.29 is 24.5 Å². The lowest BCUT2D eigenvalue weighted by Gasteiger charge is -2.20. The first-order chi connectivity index (χ1) is 36.0. The van der Waals surface area contributed by atoms with Gasteiger partial charge in [-0.05, 0) is 89.9 Å². The van der Waals surface area contributed by atoms with Crippen molar-refractivity contribution in [3.05, 3.63) is 48.6 Å². The molecule has 1 amide bonds. The van der Waals surface area contributed by atoms with Gasteiger partial charge in [-0.25, -0.2) is 0 Å². The molecule has 2 unspecified atom stereocenters. The summed E-state index contributed by atoms with van der Waals surface area (Å²) in [5, 5.41) is 23.2. The maximum Gasteiger partial charge on any atom is 0.305 e. The van der Waals surface area contributed by atoms with Gasteiger partial charge in [0.15, 0.2) is 0 Å². The monoisotopic (exact) mass is 1020 g/mol. The van der Waals surface area contributed by atoms with Gasteiger partial charge in [0.05, 0.1) is 25.4 Å². The zero-order valence-corrected chi connectivity index (χ0v) is 48.9. The van der Waals surface area contributed by atoms with Crippen molar-refractivity contribution in [3.8, 4) is 0 Å². The van der Waals surface area contributed by atoms with E-state index in [1.807, 2.05) is 6.08 Å². The Hall–Kier alpha value is -2.18. The number of aliphatic hydroxyl groups is 2. The predicted octanol–water partition coefficient (Wildman–Crippen LogP) is 20.5. The molecule has 0 saturated carbocycles. The fourth-order valence-corrected chi connectivity index (χ4v) is 9.84. The minimum Gasteiger partial charge on any atom is -0.466 e. The highest BCUT2D eigenvalue weighted by Gasteiger charge is 2.18. The van der Waals surface area contributed by atoms with Crippen LogP contribution in [0.4, 0.5) is 0 Å². The van der Waals surface area contributed by atoms with Gasteiger partial charge in [-0.1, -0.05) is 287 Å². The molecule has 73 heavy (non-hydrogen) atoms. The fourth-order valence-electron chi connectivity index (χ4n) is 9.84. The lowest BCUT2D eigenvalue weighted by atomic mass is 10.0. The number of ether oxygens (including phenoxy) is 1. The molecule has 0 spiro atoms. The van der Waals surface area contributed by atoms with E-state index in [0.29, 0.717) is 19.4 Å². The Kier molecular flexibility index (Phi) is 60.5. The van der Waals surface area contributed by atoms with Crippen LogP contribution in [0.25, 0.3) is 0 Å². The molecule has 0 rings (SSSR count). The van der Waals surface area contributed by atoms with Crippen molar-refractivity contribution in [2.75, 3.05) is 13.2 Å². The summed E-state index contributed by atoms with van der Waals surface area (Å²) in [6, 6.07) is -0.634. The van der Waals surface area contributed by atoms with Crippen LogP contribution in [-0.2, 0) is 14.3 Å². The number of nitrogens with one attached hydrogen (secondary N) is 1. The lowest BCUT2D eigenvalue weighted by molar-refractivity contribution is -0.143. The minimum atomic E-state index is -0.850. The van der Waals surface area contributed by atoms with Gasteiger partial charge in [0.2, 0.25) is 5.91 Å². The Bertz CT molecular complexity index is 1230. The van der Waals surface area contributed by atoms with Crippen LogP contribution in [0.15, 0.2) is 48.6 Å². The van der Waals surface area contributed by atoms with Gasteiger partial charge in [-0.15, -0.1) is 0 Å². The zero-order valence-electron chi connectivity index (χ0n) is 48.9. The van der Waals surface area contributed by atoms with Crippen LogP contribution >= 0.6 is 0 Å². The van der Waals surface area contributed by atoms with Gasteiger partial charge in [-0.3, -0.25) is 9.59 Å². The standard InChI is InChI=1S/C67H125NO5/c1-3-5-7-9-11-13-15-17-18-19-29-32-36-39-43-47-51-55-59-65(70)64(63-69)68-66(71)60-56-52-48-44-40-37-33-30-27-25-23-21-20-22-24-26-28-31-34-38-42-46-50-54-58-62-73-67(72)61-57-53-49-45-41-35-16-14-12-10-8-6-4-2/h14,16,21-24,55,59,64-65,69-70H,3-13,15,17-20,25-54,56-58,60-63H2,1-2H3,(H,68,71)/b16-14-,23-21-,24-22-,59-55+. The second-order valence-electron chi connectivity index (χ2n) is 22.1. The van der Waals surface area contributed by atoms with Crippen LogP contribution < -0.4 is 5.32 Å². The smallest absolute Gasteiger partial charge is 0.305 e. The highest BCUT2D eigenvalue weighted by atomic mass is 16.5. The van der Waals surface area contributed by atoms with Gasteiger partial charge in [0.1, 0.15) is 0 Å². The summed E-state index contributed by atoms with van der Waals surface area (Å²) >= 11 is 0. The molecular weight excluding hydrogens is 899 g/mol. The summed E-state index contributed by atoms with van der Waals surface area (Å²) in [5.74, 6) is -0.0733. The number of esters is 1. The number of aliphatic hydroxyl groups excluding tert-OH is 2. The number of allylic oxidation sites excluding steroid dienone is 7. The van der Waals surface area contributed by atoms with Gasteiger partial charge in [-0.2, -0.15) is 0 Å². The number of rotatable bonds is 60. The van der Waals surface area contributed by atoms with E-state index in [4.69, 9.17) is 4.74 Å². The summed E-state index contributed by atoms with van der Waals surface area (Å²) < 4.78 is 5.47. The molecule has 0 aromatic rings. The van der Waals surface area contributed by atoms with Crippen molar-refractivity contribution in [2.24, 2.45) is 0 Å². The Morgan fingerprint density at radius 3 is 1.07 bits per heavy atom. The normalized spacial score (nSPS) is 12.9. The molecular formula is C67H125NO5. The first-order valence-corrected chi connectivity index (χ1v) is 32.4. The van der Waals surface area contributed by atoms with Crippen molar-refractivity contribution in [2.45, 2.75) is 353 Å². The average Bonchev–Trinajstić information content (AvgIpc) is 3.39. The topological polar surface area (TPSA) is 95.9 Å². The molecule has 0 heterocycles. The maximum absolute atomic E-state index is 12.5. The maximum atomic E-state index is 12.5. The second-order valence-corrected chi connectivity index (χ2v) is 22.1. The molecule has 0 radical (unpaired) electrons. The Balaban J connectivity index is 3.47. The predicted molar refractivity (Wildman–Crippen MR) is 319 cm³/mol. The van der Waals surface area contributed by atoms with Crippen LogP contribution in [0.5, 0.6) is 0 Å². The summed E-state index contributed by atoms with van der Waals surface area (Å²) in [4.78, 5) is 24.5. The second kappa shape index (κ2) is 62.4. The average molecular weight is 1020 g/mol. The molecule has 2 atom stereocenters. The molecule has 0 aliphatic rings. The van der Waals surface area contributed by atoms with E-state index in [9.17, 15) is 19.8 Å². The summed E-state index contributed by atoms with van der Waals surface area (Å²) in [6.45, 7) is 4.90. The fraction of sp³-hybridized carbons (Fsp3) is 0.851. The van der Waals surface area contributed by atoms with Gasteiger partial charge in [0, 0.05) is 12.8 Å². The van der Waals surface area contributed by atoms with Crippen LogP contribution in [0.3, 0.4) is 0 Å². The molecule has 6 nitrogen and oxygen atoms in total. The molecule has 428 valence electrons. The quantitative estimate of drug-likeness (QED) is 0.0320. The number of carbonyl (C=O) groups is 2. The van der Waals surface area contributed by atoms with Crippen molar-refractivity contribution in [1.29, 1.82) is 0 Å². The highest BCUT2D eigenvalue weighted by Crippen LogP contribution is 2.17. The number of carbonyl (C=O) groups excluding carboxylic acids is 2. The summed E-state index contributed by atoms with van der Waals surface area (Å²) in [5.41, 5.74) is 0. The summed E-state index contributed by atoms with van der Waals surface area (Å²) in [7, 11) is 0. The molecule has 0 saturated heterocycles. The first kappa shape index (κ1) is 70.8. The first-order valence-electron chi connectivity index (χ1n) is 32.4. The number of amides is 1. The molecule has 6 heteroatoms. The molecule has 0 aliphatic heterocycles. The van der Waals surface area contributed by atoms with E-state index in [2.05, 4.69) is 55.6 Å². The largest absolute Gasteiger partial charge is 0.466 e. The van der Waals surface area contributed by atoms with Gasteiger partial charge in [0.25, 0.3) is 0 Å². The Labute approximate surface area is 455 Å². The van der Waals surface area contributed by atoms with Gasteiger partial charge < -0.3 is 20.3 Å². The van der Waals surface area contributed by atoms with Crippen LogP contribution in [-0.4, -0.2) is 47.4 Å². The SMILES string of the molecule is CCCCCC/C=C\CCCCCCCC(=O)OCCCCCCCCCCC/C=C\C/C=C\CCCCCCCCCCCC(=O)NC(CO)C(O)/C=C/CCCCCCCCCCCCCCCCCC. The van der Waals surface area contributed by atoms with E-state index in [-0.39, 0.29) is 18.5 Å². The molecule has 0 aliphatic carbocycles. The highest BCUT2D eigenvalue weighted by molar-refractivity contribution is 5.76. The van der Waals surface area contributed by atoms with E-state index in [1.54, 1.807) is 6.08 Å².